The number of nitrogens with two attached hydrogens (primary N) is 1. The third-order valence-electron chi connectivity index (χ3n) is 3.93. The van der Waals surface area contributed by atoms with Gasteiger partial charge in [0, 0.05) is 30.1 Å². The van der Waals surface area contributed by atoms with Crippen molar-refractivity contribution in [3.8, 4) is 5.75 Å². The highest BCUT2D eigenvalue weighted by Gasteiger charge is 2.34. The zero-order valence-corrected chi connectivity index (χ0v) is 13.6. The maximum Gasteiger partial charge on any atom is 0.253 e. The molecule has 2 heterocycles. The molecule has 1 aliphatic heterocycles. The van der Waals surface area contributed by atoms with E-state index < -0.39 is 0 Å². The number of nitrogens with zero attached hydrogens (tertiary/aromatic N) is 1. The minimum absolute atomic E-state index is 0.141. The fraction of sp³-hybridized carbons (Fsp3) is 0.333. The lowest BCUT2D eigenvalue weighted by Gasteiger charge is -2.38. The molecule has 1 atom stereocenters. The van der Waals surface area contributed by atoms with Crippen molar-refractivity contribution in [2.45, 2.75) is 38.8 Å². The fourth-order valence-electron chi connectivity index (χ4n) is 2.92. The monoisotopic (exact) mass is 311 g/mol. The molecule has 0 aliphatic carbocycles. The lowest BCUT2D eigenvalue weighted by atomic mass is 9.89. The van der Waals surface area contributed by atoms with Gasteiger partial charge in [0.05, 0.1) is 11.6 Å². The Labute approximate surface area is 135 Å². The van der Waals surface area contributed by atoms with E-state index in [2.05, 4.69) is 10.3 Å². The molecule has 0 saturated carbocycles. The van der Waals surface area contributed by atoms with E-state index in [1.54, 1.807) is 12.4 Å². The van der Waals surface area contributed by atoms with Gasteiger partial charge < -0.3 is 15.8 Å². The van der Waals surface area contributed by atoms with E-state index in [1.165, 1.54) is 0 Å². The zero-order chi connectivity index (χ0) is 16.6. The molecule has 0 spiro atoms. The highest BCUT2D eigenvalue weighted by molar-refractivity contribution is 5.94. The Morgan fingerprint density at radius 3 is 2.87 bits per heavy atom. The average molecular weight is 311 g/mol. The van der Waals surface area contributed by atoms with E-state index in [-0.39, 0.29) is 17.6 Å². The lowest BCUT2D eigenvalue weighted by molar-refractivity contribution is 0.0620. The van der Waals surface area contributed by atoms with Gasteiger partial charge in [-0.05, 0) is 50.6 Å². The number of anilines is 1. The Balaban J connectivity index is 1.90. The number of hydrogen-bond acceptors (Lipinski definition) is 4. The van der Waals surface area contributed by atoms with Crippen LogP contribution in [0.2, 0.25) is 0 Å². The quantitative estimate of drug-likeness (QED) is 0.836. The number of rotatable bonds is 2. The summed E-state index contributed by atoms with van der Waals surface area (Å²) in [6.45, 7) is 5.94. The van der Waals surface area contributed by atoms with Crippen molar-refractivity contribution in [3.05, 3.63) is 53.3 Å². The number of fused-ring (bicyclic) bond motifs is 1. The SMILES string of the molecule is Cc1cncc(C(=O)NC2CC(C)(C)Oc3ccc(N)cc32)c1. The number of nitrogens with one attached hydrogen (secondary N) is 1. The number of carbonyl (C=O) groups excluding carboxylic acids is 1. The molecule has 1 amide bonds. The molecule has 23 heavy (non-hydrogen) atoms. The predicted molar refractivity (Wildman–Crippen MR) is 89.4 cm³/mol. The van der Waals surface area contributed by atoms with Crippen LogP contribution in [0, 0.1) is 6.92 Å². The Kier molecular flexibility index (Phi) is 3.72. The van der Waals surface area contributed by atoms with Crippen molar-refractivity contribution in [2.75, 3.05) is 5.73 Å². The van der Waals surface area contributed by atoms with E-state index in [4.69, 9.17) is 10.5 Å². The maximum absolute atomic E-state index is 12.5. The van der Waals surface area contributed by atoms with Gasteiger partial charge in [-0.15, -0.1) is 0 Å². The summed E-state index contributed by atoms with van der Waals surface area (Å²) in [5.74, 6) is 0.625. The molecule has 1 aromatic carbocycles. The van der Waals surface area contributed by atoms with Crippen molar-refractivity contribution >= 4 is 11.6 Å². The molecule has 3 rings (SSSR count). The van der Waals surface area contributed by atoms with Gasteiger partial charge in [0.1, 0.15) is 11.4 Å². The standard InChI is InChI=1S/C18H21N3O2/c1-11-6-12(10-20-9-11)17(22)21-15-8-18(2,3)23-16-5-4-13(19)7-14(15)16/h4-7,9-10,15H,8,19H2,1-3H3,(H,21,22). The van der Waals surface area contributed by atoms with E-state index in [0.29, 0.717) is 17.7 Å². The molecule has 0 bridgehead atoms. The molecule has 0 radical (unpaired) electrons. The molecule has 1 aliphatic rings. The van der Waals surface area contributed by atoms with Crippen molar-refractivity contribution in [1.29, 1.82) is 0 Å². The van der Waals surface area contributed by atoms with Crippen LogP contribution in [0.4, 0.5) is 5.69 Å². The van der Waals surface area contributed by atoms with Gasteiger partial charge in [0.25, 0.3) is 5.91 Å². The molecule has 0 saturated heterocycles. The Morgan fingerprint density at radius 1 is 1.35 bits per heavy atom. The summed E-state index contributed by atoms with van der Waals surface area (Å²) >= 11 is 0. The summed E-state index contributed by atoms with van der Waals surface area (Å²) in [5.41, 5.74) is 8.62. The summed E-state index contributed by atoms with van der Waals surface area (Å²) < 4.78 is 5.99. The Hall–Kier alpha value is -2.56. The number of amides is 1. The second kappa shape index (κ2) is 5.57. The first kappa shape index (κ1) is 15.3. The molecular weight excluding hydrogens is 290 g/mol. The van der Waals surface area contributed by atoms with Crippen LogP contribution in [0.25, 0.3) is 0 Å². The smallest absolute Gasteiger partial charge is 0.253 e. The van der Waals surface area contributed by atoms with Gasteiger partial charge in [-0.3, -0.25) is 9.78 Å². The topological polar surface area (TPSA) is 77.2 Å². The molecule has 5 heteroatoms. The maximum atomic E-state index is 12.5. The van der Waals surface area contributed by atoms with Crippen molar-refractivity contribution < 1.29 is 9.53 Å². The number of carbonyl (C=O) groups is 1. The zero-order valence-electron chi connectivity index (χ0n) is 13.6. The number of aromatic nitrogens is 1. The van der Waals surface area contributed by atoms with E-state index in [1.807, 2.05) is 45.0 Å². The fourth-order valence-corrected chi connectivity index (χ4v) is 2.92. The van der Waals surface area contributed by atoms with Crippen LogP contribution >= 0.6 is 0 Å². The minimum Gasteiger partial charge on any atom is -0.487 e. The highest BCUT2D eigenvalue weighted by Crippen LogP contribution is 2.40. The van der Waals surface area contributed by atoms with Crippen molar-refractivity contribution in [2.24, 2.45) is 0 Å². The molecule has 5 nitrogen and oxygen atoms in total. The molecular formula is C18H21N3O2. The van der Waals surface area contributed by atoms with Crippen LogP contribution in [-0.4, -0.2) is 16.5 Å². The second-order valence-electron chi connectivity index (χ2n) is 6.64. The third kappa shape index (κ3) is 3.28. The lowest BCUT2D eigenvalue weighted by Crippen LogP contribution is -2.41. The number of benzene rings is 1. The summed E-state index contributed by atoms with van der Waals surface area (Å²) in [4.78, 5) is 16.6. The van der Waals surface area contributed by atoms with E-state index >= 15 is 0 Å². The first-order chi connectivity index (χ1) is 10.8. The van der Waals surface area contributed by atoms with Crippen molar-refractivity contribution in [3.63, 3.8) is 0 Å². The van der Waals surface area contributed by atoms with Crippen LogP contribution in [0.15, 0.2) is 36.7 Å². The molecule has 2 aromatic rings. The number of ether oxygens (including phenoxy) is 1. The van der Waals surface area contributed by atoms with E-state index in [9.17, 15) is 4.79 Å². The largest absolute Gasteiger partial charge is 0.487 e. The van der Waals surface area contributed by atoms with Crippen molar-refractivity contribution in [1.82, 2.24) is 10.3 Å². The number of hydrogen-bond donors (Lipinski definition) is 2. The second-order valence-corrected chi connectivity index (χ2v) is 6.64. The van der Waals surface area contributed by atoms with Gasteiger partial charge in [-0.1, -0.05) is 0 Å². The number of pyridine rings is 1. The molecule has 120 valence electrons. The summed E-state index contributed by atoms with van der Waals surface area (Å²) in [6, 6.07) is 7.21. The summed E-state index contributed by atoms with van der Waals surface area (Å²) in [5, 5.41) is 3.09. The van der Waals surface area contributed by atoms with Crippen LogP contribution in [0.5, 0.6) is 5.75 Å². The van der Waals surface area contributed by atoms with Crippen LogP contribution in [-0.2, 0) is 0 Å². The van der Waals surface area contributed by atoms with Crippen LogP contribution in [0.3, 0.4) is 0 Å². The Morgan fingerprint density at radius 2 is 2.13 bits per heavy atom. The summed E-state index contributed by atoms with van der Waals surface area (Å²) in [6.07, 6.45) is 3.98. The van der Waals surface area contributed by atoms with Gasteiger partial charge >= 0.3 is 0 Å². The van der Waals surface area contributed by atoms with Gasteiger partial charge in [-0.25, -0.2) is 0 Å². The third-order valence-corrected chi connectivity index (χ3v) is 3.93. The molecule has 1 unspecified atom stereocenters. The van der Waals surface area contributed by atoms with Crippen LogP contribution < -0.4 is 15.8 Å². The molecule has 0 fully saturated rings. The molecule has 3 N–H and O–H groups in total. The first-order valence-electron chi connectivity index (χ1n) is 7.65. The summed E-state index contributed by atoms with van der Waals surface area (Å²) in [7, 11) is 0. The first-order valence-corrected chi connectivity index (χ1v) is 7.65. The Bertz CT molecular complexity index is 756. The number of nitrogen functional groups attached to an aromatic ring is 1. The predicted octanol–water partition coefficient (Wildman–Crippen LogP) is 3.00. The highest BCUT2D eigenvalue weighted by atomic mass is 16.5. The van der Waals surface area contributed by atoms with Gasteiger partial charge in [-0.2, -0.15) is 0 Å². The average Bonchev–Trinajstić information content (AvgIpc) is 2.47. The number of aryl methyl sites for hydroxylation is 1. The van der Waals surface area contributed by atoms with Crippen LogP contribution in [0.1, 0.15) is 47.8 Å². The molecule has 1 aromatic heterocycles. The van der Waals surface area contributed by atoms with Gasteiger partial charge in [0.15, 0.2) is 0 Å². The normalized spacial score (nSPS) is 18.7. The minimum atomic E-state index is -0.355. The van der Waals surface area contributed by atoms with Gasteiger partial charge in [0.2, 0.25) is 0 Å². The van der Waals surface area contributed by atoms with E-state index in [0.717, 1.165) is 16.9 Å².